The highest BCUT2D eigenvalue weighted by Gasteiger charge is 2.18. The van der Waals surface area contributed by atoms with Gasteiger partial charge in [0, 0.05) is 24.9 Å². The van der Waals surface area contributed by atoms with Gasteiger partial charge in [-0.05, 0) is 0 Å². The SMILES string of the molecule is O=C(O)[C@H](Cc1cnc[nH]1)NCC(O)CO. The van der Waals surface area contributed by atoms with Crippen molar-refractivity contribution < 1.29 is 20.1 Å². The second kappa shape index (κ2) is 6.21. The van der Waals surface area contributed by atoms with E-state index in [-0.39, 0.29) is 13.0 Å². The Bertz CT molecular complexity index is 315. The van der Waals surface area contributed by atoms with Gasteiger partial charge >= 0.3 is 5.97 Å². The second-order valence-electron chi connectivity index (χ2n) is 3.42. The Hall–Kier alpha value is -1.44. The van der Waals surface area contributed by atoms with Crippen molar-refractivity contribution in [2.45, 2.75) is 18.6 Å². The van der Waals surface area contributed by atoms with Crippen LogP contribution in [-0.2, 0) is 11.2 Å². The number of aliphatic hydroxyl groups is 2. The third kappa shape index (κ3) is 3.97. The lowest BCUT2D eigenvalue weighted by molar-refractivity contribution is -0.139. The van der Waals surface area contributed by atoms with Crippen molar-refractivity contribution in [3.8, 4) is 0 Å². The average Bonchev–Trinajstić information content (AvgIpc) is 2.75. The molecule has 1 heterocycles. The van der Waals surface area contributed by atoms with Gasteiger partial charge in [-0.15, -0.1) is 0 Å². The summed E-state index contributed by atoms with van der Waals surface area (Å²) in [5.41, 5.74) is 0.693. The van der Waals surface area contributed by atoms with Crippen molar-refractivity contribution in [1.29, 1.82) is 0 Å². The van der Waals surface area contributed by atoms with E-state index in [4.69, 9.17) is 15.3 Å². The third-order valence-electron chi connectivity index (χ3n) is 2.09. The minimum atomic E-state index is -1.01. The number of aliphatic hydroxyl groups excluding tert-OH is 2. The van der Waals surface area contributed by atoms with Crippen LogP contribution in [0, 0.1) is 0 Å². The Morgan fingerprint density at radius 3 is 2.88 bits per heavy atom. The lowest BCUT2D eigenvalue weighted by Crippen LogP contribution is -2.43. The van der Waals surface area contributed by atoms with Crippen molar-refractivity contribution in [2.75, 3.05) is 13.2 Å². The van der Waals surface area contributed by atoms with Gasteiger partial charge in [-0.2, -0.15) is 0 Å². The van der Waals surface area contributed by atoms with E-state index in [1.54, 1.807) is 6.20 Å². The number of nitrogens with zero attached hydrogens (tertiary/aromatic N) is 1. The van der Waals surface area contributed by atoms with E-state index in [1.165, 1.54) is 6.33 Å². The summed E-state index contributed by atoms with van der Waals surface area (Å²) < 4.78 is 0. The number of nitrogens with one attached hydrogen (secondary N) is 2. The maximum absolute atomic E-state index is 10.9. The topological polar surface area (TPSA) is 118 Å². The lowest BCUT2D eigenvalue weighted by atomic mass is 10.1. The van der Waals surface area contributed by atoms with Crippen LogP contribution in [0.15, 0.2) is 12.5 Å². The van der Waals surface area contributed by atoms with Gasteiger partial charge in [-0.25, -0.2) is 4.98 Å². The summed E-state index contributed by atoms with van der Waals surface area (Å²) in [6.07, 6.45) is 2.30. The highest BCUT2D eigenvalue weighted by Crippen LogP contribution is 1.98. The van der Waals surface area contributed by atoms with E-state index < -0.39 is 24.7 Å². The van der Waals surface area contributed by atoms with Gasteiger partial charge in [0.25, 0.3) is 0 Å². The fourth-order valence-electron chi connectivity index (χ4n) is 1.21. The molecule has 7 nitrogen and oxygen atoms in total. The molecule has 0 aliphatic heterocycles. The number of carboxylic acid groups (broad SMARTS) is 1. The number of hydrogen-bond acceptors (Lipinski definition) is 5. The Balaban J connectivity index is 2.45. The van der Waals surface area contributed by atoms with E-state index in [0.717, 1.165) is 0 Å². The number of imidazole rings is 1. The summed E-state index contributed by atoms with van der Waals surface area (Å²) in [7, 11) is 0. The first-order chi connectivity index (χ1) is 7.63. The molecule has 0 spiro atoms. The predicted octanol–water partition coefficient (Wildman–Crippen LogP) is -1.65. The highest BCUT2D eigenvalue weighted by molar-refractivity contribution is 5.73. The van der Waals surface area contributed by atoms with Gasteiger partial charge in [0.2, 0.25) is 0 Å². The summed E-state index contributed by atoms with van der Waals surface area (Å²) in [6.45, 7) is -0.370. The number of rotatable bonds is 7. The van der Waals surface area contributed by atoms with Crippen LogP contribution in [0.2, 0.25) is 0 Å². The standard InChI is InChI=1S/C9H15N3O4/c13-4-7(14)3-11-8(9(15)16)1-6-2-10-5-12-6/h2,5,7-8,11,13-14H,1,3-4H2,(H,10,12)(H,15,16)/t7?,8-/m0/s1. The number of aromatic nitrogens is 2. The highest BCUT2D eigenvalue weighted by atomic mass is 16.4. The molecule has 1 aromatic heterocycles. The number of aromatic amines is 1. The largest absolute Gasteiger partial charge is 0.480 e. The molecular formula is C9H15N3O4. The van der Waals surface area contributed by atoms with E-state index >= 15 is 0 Å². The van der Waals surface area contributed by atoms with Crippen LogP contribution in [0.5, 0.6) is 0 Å². The van der Waals surface area contributed by atoms with Gasteiger partial charge in [-0.1, -0.05) is 0 Å². The van der Waals surface area contributed by atoms with Crippen molar-refractivity contribution >= 4 is 5.97 Å². The van der Waals surface area contributed by atoms with Gasteiger partial charge < -0.3 is 25.6 Å². The Kier molecular flexibility index (Phi) is 4.90. The van der Waals surface area contributed by atoms with Gasteiger partial charge in [0.15, 0.2) is 0 Å². The molecule has 7 heteroatoms. The van der Waals surface area contributed by atoms with Crippen LogP contribution in [-0.4, -0.2) is 56.6 Å². The molecule has 1 unspecified atom stereocenters. The quantitative estimate of drug-likeness (QED) is 0.382. The van der Waals surface area contributed by atoms with Crippen LogP contribution in [0.3, 0.4) is 0 Å². The fraction of sp³-hybridized carbons (Fsp3) is 0.556. The number of carboxylic acids is 1. The van der Waals surface area contributed by atoms with Crippen LogP contribution in [0.25, 0.3) is 0 Å². The number of hydrogen-bond donors (Lipinski definition) is 5. The molecule has 0 bridgehead atoms. The zero-order chi connectivity index (χ0) is 12.0. The molecule has 0 aliphatic carbocycles. The summed E-state index contributed by atoms with van der Waals surface area (Å²) in [5, 5.41) is 29.2. The minimum absolute atomic E-state index is 0.0294. The first-order valence-corrected chi connectivity index (χ1v) is 4.86. The number of carbonyl (C=O) groups is 1. The molecular weight excluding hydrogens is 214 g/mol. The lowest BCUT2D eigenvalue weighted by Gasteiger charge is -2.15. The molecule has 2 atom stereocenters. The number of H-pyrrole nitrogens is 1. The predicted molar refractivity (Wildman–Crippen MR) is 54.8 cm³/mol. The molecule has 0 radical (unpaired) electrons. The van der Waals surface area contributed by atoms with Crippen LogP contribution < -0.4 is 5.32 Å². The molecule has 0 aromatic carbocycles. The Morgan fingerprint density at radius 2 is 2.38 bits per heavy atom. The summed E-state index contributed by atoms with van der Waals surface area (Å²) >= 11 is 0. The molecule has 0 saturated carbocycles. The van der Waals surface area contributed by atoms with E-state index in [9.17, 15) is 4.79 Å². The van der Waals surface area contributed by atoms with Crippen molar-refractivity contribution in [3.05, 3.63) is 18.2 Å². The molecule has 5 N–H and O–H groups in total. The van der Waals surface area contributed by atoms with Gasteiger partial charge in [0.05, 0.1) is 19.0 Å². The molecule has 0 aliphatic rings. The van der Waals surface area contributed by atoms with E-state index in [1.807, 2.05) is 0 Å². The molecule has 16 heavy (non-hydrogen) atoms. The monoisotopic (exact) mass is 229 g/mol. The van der Waals surface area contributed by atoms with Gasteiger partial charge in [-0.3, -0.25) is 4.79 Å². The second-order valence-corrected chi connectivity index (χ2v) is 3.42. The summed E-state index contributed by atoms with van der Waals surface area (Å²) in [5.74, 6) is -1.01. The first kappa shape index (κ1) is 12.6. The summed E-state index contributed by atoms with van der Waals surface area (Å²) in [6, 6.07) is -0.818. The average molecular weight is 229 g/mol. The smallest absolute Gasteiger partial charge is 0.321 e. The van der Waals surface area contributed by atoms with Crippen LogP contribution >= 0.6 is 0 Å². The summed E-state index contributed by atoms with van der Waals surface area (Å²) in [4.78, 5) is 17.5. The first-order valence-electron chi connectivity index (χ1n) is 4.86. The molecule has 90 valence electrons. The molecule has 0 fully saturated rings. The van der Waals surface area contributed by atoms with Crippen molar-refractivity contribution in [2.24, 2.45) is 0 Å². The Morgan fingerprint density at radius 1 is 1.62 bits per heavy atom. The van der Waals surface area contributed by atoms with Gasteiger partial charge in [0.1, 0.15) is 6.04 Å². The zero-order valence-electron chi connectivity index (χ0n) is 8.63. The minimum Gasteiger partial charge on any atom is -0.480 e. The van der Waals surface area contributed by atoms with Crippen molar-refractivity contribution in [3.63, 3.8) is 0 Å². The normalized spacial score (nSPS) is 14.6. The maximum atomic E-state index is 10.9. The molecule has 1 aromatic rings. The molecule has 0 amide bonds. The Labute approximate surface area is 92.1 Å². The van der Waals surface area contributed by atoms with Crippen LogP contribution in [0.4, 0.5) is 0 Å². The van der Waals surface area contributed by atoms with Crippen molar-refractivity contribution in [1.82, 2.24) is 15.3 Å². The fourth-order valence-corrected chi connectivity index (χ4v) is 1.21. The maximum Gasteiger partial charge on any atom is 0.321 e. The third-order valence-corrected chi connectivity index (χ3v) is 2.09. The molecule has 1 rings (SSSR count). The molecule has 0 saturated heterocycles. The van der Waals surface area contributed by atoms with E-state index in [2.05, 4.69) is 15.3 Å². The van der Waals surface area contributed by atoms with E-state index in [0.29, 0.717) is 5.69 Å². The number of aliphatic carboxylic acids is 1. The van der Waals surface area contributed by atoms with Crippen LogP contribution in [0.1, 0.15) is 5.69 Å². The zero-order valence-corrected chi connectivity index (χ0v) is 8.63.